The van der Waals surface area contributed by atoms with Crippen LogP contribution in [0.3, 0.4) is 0 Å². The highest BCUT2D eigenvalue weighted by molar-refractivity contribution is 5.92. The fraction of sp³-hybridized carbons (Fsp3) is 0.200. The van der Waals surface area contributed by atoms with E-state index in [1.807, 2.05) is 0 Å². The van der Waals surface area contributed by atoms with E-state index in [0.717, 1.165) is 11.3 Å². The molecule has 5 nitrogen and oxygen atoms in total. The summed E-state index contributed by atoms with van der Waals surface area (Å²) in [6, 6.07) is 5.02. The lowest BCUT2D eigenvalue weighted by Crippen LogP contribution is -2.35. The maximum Gasteiger partial charge on any atom is 0.321 e. The van der Waals surface area contributed by atoms with Gasteiger partial charge in [0.25, 0.3) is 0 Å². The largest absolute Gasteiger partial charge is 0.323 e. The number of benzene rings is 1. The van der Waals surface area contributed by atoms with Crippen LogP contribution in [0, 0.1) is 0 Å². The number of fused-ring (bicyclic) bond motifs is 1. The number of amides is 2. The molecule has 1 aromatic carbocycles. The van der Waals surface area contributed by atoms with Crippen LogP contribution in [0.25, 0.3) is 0 Å². The molecule has 5 heteroatoms. The molecule has 0 saturated heterocycles. The first-order valence-electron chi connectivity index (χ1n) is 4.43. The minimum Gasteiger partial charge on any atom is -0.323 e. The minimum absolute atomic E-state index is 0.130. The summed E-state index contributed by atoms with van der Waals surface area (Å²) in [5.74, 6) is 0. The molecular weight excluding hydrogens is 194 g/mol. The summed E-state index contributed by atoms with van der Waals surface area (Å²) < 4.78 is 0. The average Bonchev–Trinajstić information content (AvgIpc) is 2.21. The number of hydrogen-bond donors (Lipinski definition) is 1. The lowest BCUT2D eigenvalue weighted by molar-refractivity contribution is 0.218. The molecule has 0 atom stereocenters. The highest BCUT2D eigenvalue weighted by Crippen LogP contribution is 2.26. The lowest BCUT2D eigenvalue weighted by atomic mass is 10.1. The Bertz CT molecular complexity index is 464. The number of carbonyl (C=O) groups excluding carboxylic acids is 2. The first kappa shape index (κ1) is 9.43. The second kappa shape index (κ2) is 3.55. The van der Waals surface area contributed by atoms with Crippen LogP contribution < -0.4 is 5.32 Å². The van der Waals surface area contributed by atoms with Crippen molar-refractivity contribution in [3.63, 3.8) is 0 Å². The van der Waals surface area contributed by atoms with Crippen molar-refractivity contribution in [2.24, 2.45) is 4.99 Å². The molecule has 0 spiro atoms. The molecule has 1 aliphatic rings. The topological polar surface area (TPSA) is 61.8 Å². The summed E-state index contributed by atoms with van der Waals surface area (Å²) in [5.41, 5.74) is 2.25. The van der Waals surface area contributed by atoms with Gasteiger partial charge in [0.2, 0.25) is 6.08 Å². The predicted molar refractivity (Wildman–Crippen MR) is 54.7 cm³/mol. The van der Waals surface area contributed by atoms with E-state index in [0.29, 0.717) is 12.2 Å². The smallest absolute Gasteiger partial charge is 0.321 e. The normalized spacial score (nSPS) is 13.9. The number of carbonyl (C=O) groups is 1. The van der Waals surface area contributed by atoms with E-state index >= 15 is 0 Å². The predicted octanol–water partition coefficient (Wildman–Crippen LogP) is 1.63. The fourth-order valence-corrected chi connectivity index (χ4v) is 1.49. The zero-order valence-corrected chi connectivity index (χ0v) is 8.15. The van der Waals surface area contributed by atoms with Gasteiger partial charge in [0.05, 0.1) is 5.69 Å². The van der Waals surface area contributed by atoms with Gasteiger partial charge in [-0.1, -0.05) is 0 Å². The third-order valence-electron chi connectivity index (χ3n) is 2.26. The zero-order chi connectivity index (χ0) is 10.8. The molecule has 1 N–H and O–H groups in total. The van der Waals surface area contributed by atoms with Gasteiger partial charge in [-0.2, -0.15) is 4.99 Å². The fourth-order valence-electron chi connectivity index (χ4n) is 1.49. The molecule has 1 heterocycles. The highest BCUT2D eigenvalue weighted by atomic mass is 16.2. The van der Waals surface area contributed by atoms with Crippen LogP contribution in [0.4, 0.5) is 16.2 Å². The molecule has 1 aliphatic heterocycles. The lowest BCUT2D eigenvalue weighted by Gasteiger charge is -2.25. The summed E-state index contributed by atoms with van der Waals surface area (Å²) >= 11 is 0. The molecule has 0 bridgehead atoms. The molecule has 0 fully saturated rings. The van der Waals surface area contributed by atoms with E-state index in [1.165, 1.54) is 6.08 Å². The van der Waals surface area contributed by atoms with Gasteiger partial charge in [0.1, 0.15) is 0 Å². The quantitative estimate of drug-likeness (QED) is 0.557. The maximum absolute atomic E-state index is 11.3. The highest BCUT2D eigenvalue weighted by Gasteiger charge is 2.18. The van der Waals surface area contributed by atoms with Gasteiger partial charge < -0.3 is 10.2 Å². The molecule has 2 amide bonds. The van der Waals surface area contributed by atoms with Crippen molar-refractivity contribution in [1.82, 2.24) is 4.90 Å². The standard InChI is InChI=1S/C10H9N3O2/c1-13-5-7-4-8(11-6-14)2-3-9(7)12-10(13)15/h2-4H,5H2,1H3,(H,12,15). The molecule has 1 aromatic rings. The van der Waals surface area contributed by atoms with E-state index in [9.17, 15) is 9.59 Å². The van der Waals surface area contributed by atoms with Crippen molar-refractivity contribution in [2.45, 2.75) is 6.54 Å². The van der Waals surface area contributed by atoms with Crippen molar-refractivity contribution in [1.29, 1.82) is 0 Å². The van der Waals surface area contributed by atoms with Gasteiger partial charge in [-0.05, 0) is 23.8 Å². The van der Waals surface area contributed by atoms with Crippen LogP contribution >= 0.6 is 0 Å². The van der Waals surface area contributed by atoms with Crippen molar-refractivity contribution in [2.75, 3.05) is 12.4 Å². The van der Waals surface area contributed by atoms with Crippen molar-refractivity contribution >= 4 is 23.5 Å². The Kier molecular flexibility index (Phi) is 2.23. The molecule has 0 saturated carbocycles. The minimum atomic E-state index is -0.130. The number of rotatable bonds is 1. The van der Waals surface area contributed by atoms with Gasteiger partial charge in [-0.3, -0.25) is 0 Å². The van der Waals surface area contributed by atoms with Gasteiger partial charge in [0, 0.05) is 19.3 Å². The Balaban J connectivity index is 2.41. The molecule has 0 unspecified atom stereocenters. The van der Waals surface area contributed by atoms with Crippen molar-refractivity contribution in [3.05, 3.63) is 23.8 Å². The Morgan fingerprint density at radius 1 is 1.53 bits per heavy atom. The number of nitrogens with one attached hydrogen (secondary N) is 1. The van der Waals surface area contributed by atoms with Gasteiger partial charge >= 0.3 is 6.03 Å². The van der Waals surface area contributed by atoms with Crippen LogP contribution in [0.5, 0.6) is 0 Å². The molecule has 0 aromatic heterocycles. The molecular formula is C10H9N3O2. The number of aliphatic imine (C=N–C) groups is 1. The third-order valence-corrected chi connectivity index (χ3v) is 2.26. The maximum atomic E-state index is 11.3. The molecule has 0 aliphatic carbocycles. The number of hydrogen-bond acceptors (Lipinski definition) is 3. The third kappa shape index (κ3) is 1.73. The Morgan fingerprint density at radius 3 is 3.07 bits per heavy atom. The molecule has 76 valence electrons. The van der Waals surface area contributed by atoms with Crippen LogP contribution in [0.2, 0.25) is 0 Å². The van der Waals surface area contributed by atoms with E-state index < -0.39 is 0 Å². The average molecular weight is 203 g/mol. The summed E-state index contributed by atoms with van der Waals surface area (Å²) in [7, 11) is 1.70. The molecule has 2 rings (SSSR count). The van der Waals surface area contributed by atoms with Crippen LogP contribution in [-0.2, 0) is 11.3 Å². The number of nitrogens with zero attached hydrogens (tertiary/aromatic N) is 2. The second-order valence-electron chi connectivity index (χ2n) is 3.33. The monoisotopic (exact) mass is 203 g/mol. The summed E-state index contributed by atoms with van der Waals surface area (Å²) in [6.07, 6.45) is 1.48. The van der Waals surface area contributed by atoms with Gasteiger partial charge in [0.15, 0.2) is 0 Å². The SMILES string of the molecule is CN1Cc2cc(N=C=O)ccc2NC1=O. The van der Waals surface area contributed by atoms with E-state index in [4.69, 9.17) is 0 Å². The van der Waals surface area contributed by atoms with Crippen molar-refractivity contribution in [3.8, 4) is 0 Å². The number of anilines is 1. The van der Waals surface area contributed by atoms with Crippen LogP contribution in [0.15, 0.2) is 23.2 Å². The number of urea groups is 1. The zero-order valence-electron chi connectivity index (χ0n) is 8.15. The molecule has 0 radical (unpaired) electrons. The Hall–Kier alpha value is -2.13. The summed E-state index contributed by atoms with van der Waals surface area (Å²) in [4.78, 5) is 26.5. The van der Waals surface area contributed by atoms with E-state index in [-0.39, 0.29) is 6.03 Å². The van der Waals surface area contributed by atoms with E-state index in [1.54, 1.807) is 30.1 Å². The molecule has 15 heavy (non-hydrogen) atoms. The Labute approximate surface area is 86.4 Å². The first-order chi connectivity index (χ1) is 7.20. The summed E-state index contributed by atoms with van der Waals surface area (Å²) in [6.45, 7) is 0.517. The van der Waals surface area contributed by atoms with Gasteiger partial charge in [-0.25, -0.2) is 9.59 Å². The summed E-state index contributed by atoms with van der Waals surface area (Å²) in [5, 5.41) is 2.73. The van der Waals surface area contributed by atoms with Gasteiger partial charge in [-0.15, -0.1) is 0 Å². The van der Waals surface area contributed by atoms with Crippen LogP contribution in [-0.4, -0.2) is 24.1 Å². The van der Waals surface area contributed by atoms with E-state index in [2.05, 4.69) is 10.3 Å². The second-order valence-corrected chi connectivity index (χ2v) is 3.33. The number of isocyanates is 1. The van der Waals surface area contributed by atoms with Crippen LogP contribution in [0.1, 0.15) is 5.56 Å². The van der Waals surface area contributed by atoms with Crippen molar-refractivity contribution < 1.29 is 9.59 Å². The Morgan fingerprint density at radius 2 is 2.33 bits per heavy atom. The first-order valence-corrected chi connectivity index (χ1v) is 4.43.